The first kappa shape index (κ1) is 12.8. The third kappa shape index (κ3) is 2.70. The minimum Gasteiger partial charge on any atom is -0.447 e. The molecule has 0 saturated heterocycles. The molecule has 2 atom stereocenters. The summed E-state index contributed by atoms with van der Waals surface area (Å²) >= 11 is 5.75. The van der Waals surface area contributed by atoms with Gasteiger partial charge >= 0.3 is 0 Å². The van der Waals surface area contributed by atoms with Gasteiger partial charge in [0.05, 0.1) is 0 Å². The summed E-state index contributed by atoms with van der Waals surface area (Å²) in [7, 11) is 0. The van der Waals surface area contributed by atoms with Crippen molar-refractivity contribution in [2.75, 3.05) is 0 Å². The quantitative estimate of drug-likeness (QED) is 0.897. The summed E-state index contributed by atoms with van der Waals surface area (Å²) in [6.45, 7) is 0. The second-order valence-corrected chi connectivity index (χ2v) is 5.55. The van der Waals surface area contributed by atoms with Gasteiger partial charge in [-0.3, -0.25) is 0 Å². The average molecular weight is 277 g/mol. The molecule has 2 unspecified atom stereocenters. The van der Waals surface area contributed by atoms with Crippen molar-refractivity contribution in [3.63, 3.8) is 0 Å². The standard InChI is InChI=1S/C16H17ClO2/c17-16-9-8-15(19-16)14(18)10-12-6-3-5-11-4-1-2-7-13(11)12/h1-2,4,7-9,12,14,18H,3,5-6,10H2. The maximum atomic E-state index is 10.3. The Balaban J connectivity index is 1.77. The van der Waals surface area contributed by atoms with Crippen LogP contribution < -0.4 is 0 Å². The lowest BCUT2D eigenvalue weighted by Gasteiger charge is -2.26. The van der Waals surface area contributed by atoms with E-state index in [9.17, 15) is 5.11 Å². The highest BCUT2D eigenvalue weighted by atomic mass is 35.5. The lowest BCUT2D eigenvalue weighted by molar-refractivity contribution is 0.129. The number of rotatable bonds is 3. The fourth-order valence-corrected chi connectivity index (χ4v) is 3.14. The van der Waals surface area contributed by atoms with Crippen molar-refractivity contribution >= 4 is 11.6 Å². The number of fused-ring (bicyclic) bond motifs is 1. The molecule has 2 nitrogen and oxygen atoms in total. The molecule has 1 N–H and O–H groups in total. The maximum absolute atomic E-state index is 10.3. The fraction of sp³-hybridized carbons (Fsp3) is 0.375. The van der Waals surface area contributed by atoms with Crippen LogP contribution in [0.5, 0.6) is 0 Å². The number of benzene rings is 1. The highest BCUT2D eigenvalue weighted by Crippen LogP contribution is 2.38. The Morgan fingerprint density at radius 1 is 1.26 bits per heavy atom. The van der Waals surface area contributed by atoms with Gasteiger partial charge in [0.15, 0.2) is 5.22 Å². The topological polar surface area (TPSA) is 33.4 Å². The van der Waals surface area contributed by atoms with E-state index in [0.717, 1.165) is 12.8 Å². The van der Waals surface area contributed by atoms with E-state index >= 15 is 0 Å². The van der Waals surface area contributed by atoms with Gasteiger partial charge < -0.3 is 9.52 Å². The van der Waals surface area contributed by atoms with Gasteiger partial charge in [0, 0.05) is 0 Å². The molecule has 0 amide bonds. The summed E-state index contributed by atoms with van der Waals surface area (Å²) in [5, 5.41) is 10.6. The Labute approximate surface area is 118 Å². The van der Waals surface area contributed by atoms with Gasteiger partial charge in [0.25, 0.3) is 0 Å². The van der Waals surface area contributed by atoms with Gasteiger partial charge in [-0.05, 0) is 66.5 Å². The molecule has 0 fully saturated rings. The van der Waals surface area contributed by atoms with E-state index in [1.807, 2.05) is 0 Å². The Morgan fingerprint density at radius 2 is 2.11 bits per heavy atom. The van der Waals surface area contributed by atoms with Crippen molar-refractivity contribution < 1.29 is 9.52 Å². The minimum absolute atomic E-state index is 0.332. The predicted molar refractivity (Wildman–Crippen MR) is 75.4 cm³/mol. The molecule has 19 heavy (non-hydrogen) atoms. The first-order valence-corrected chi connectivity index (χ1v) is 7.13. The number of hydrogen-bond acceptors (Lipinski definition) is 2. The first-order chi connectivity index (χ1) is 9.24. The molecule has 1 aromatic heterocycles. The first-order valence-electron chi connectivity index (χ1n) is 6.75. The van der Waals surface area contributed by atoms with Crippen LogP contribution in [0, 0.1) is 0 Å². The summed E-state index contributed by atoms with van der Waals surface area (Å²) in [6.07, 6.45) is 3.58. The third-order valence-electron chi connectivity index (χ3n) is 3.92. The highest BCUT2D eigenvalue weighted by Gasteiger charge is 2.24. The molecular formula is C16H17ClO2. The van der Waals surface area contributed by atoms with Crippen LogP contribution in [0.1, 0.15) is 48.2 Å². The molecule has 1 aliphatic carbocycles. The summed E-state index contributed by atoms with van der Waals surface area (Å²) in [4.78, 5) is 0. The Bertz CT molecular complexity index is 561. The smallest absolute Gasteiger partial charge is 0.193 e. The van der Waals surface area contributed by atoms with Crippen molar-refractivity contribution in [1.29, 1.82) is 0 Å². The molecule has 0 spiro atoms. The number of furan rings is 1. The van der Waals surface area contributed by atoms with Gasteiger partial charge in [0.2, 0.25) is 0 Å². The molecule has 0 aliphatic heterocycles. The minimum atomic E-state index is -0.580. The molecule has 1 heterocycles. The summed E-state index contributed by atoms with van der Waals surface area (Å²) in [5.41, 5.74) is 2.80. The number of hydrogen-bond donors (Lipinski definition) is 1. The van der Waals surface area contributed by atoms with Crippen LogP contribution in [-0.4, -0.2) is 5.11 Å². The van der Waals surface area contributed by atoms with Gasteiger partial charge in [-0.25, -0.2) is 0 Å². The summed E-state index contributed by atoms with van der Waals surface area (Å²) in [6, 6.07) is 12.0. The van der Waals surface area contributed by atoms with E-state index in [1.165, 1.54) is 17.5 Å². The Hall–Kier alpha value is -1.25. The van der Waals surface area contributed by atoms with Gasteiger partial charge in [-0.2, -0.15) is 0 Å². The van der Waals surface area contributed by atoms with Crippen molar-refractivity contribution in [3.05, 3.63) is 58.5 Å². The maximum Gasteiger partial charge on any atom is 0.193 e. The van der Waals surface area contributed by atoms with Crippen molar-refractivity contribution in [2.45, 2.75) is 37.7 Å². The van der Waals surface area contributed by atoms with E-state index in [-0.39, 0.29) is 0 Å². The SMILES string of the molecule is OC(CC1CCCc2ccccc21)c1ccc(Cl)o1. The molecule has 0 radical (unpaired) electrons. The van der Waals surface area contributed by atoms with Gasteiger partial charge in [-0.15, -0.1) is 0 Å². The van der Waals surface area contributed by atoms with Crippen LogP contribution in [0.25, 0.3) is 0 Å². The summed E-state index contributed by atoms with van der Waals surface area (Å²) < 4.78 is 5.29. The predicted octanol–water partition coefficient (Wildman–Crippen LogP) is 4.48. The van der Waals surface area contributed by atoms with Crippen molar-refractivity contribution in [1.82, 2.24) is 0 Å². The molecule has 3 heteroatoms. The fourth-order valence-electron chi connectivity index (χ4n) is 2.99. The summed E-state index contributed by atoms with van der Waals surface area (Å²) in [5.74, 6) is 0.969. The zero-order valence-electron chi connectivity index (χ0n) is 10.7. The van der Waals surface area contributed by atoms with Crippen LogP contribution in [0.15, 0.2) is 40.8 Å². The number of halogens is 1. The Morgan fingerprint density at radius 3 is 2.89 bits per heavy atom. The number of aliphatic hydroxyl groups is 1. The third-order valence-corrected chi connectivity index (χ3v) is 4.13. The van der Waals surface area contributed by atoms with Crippen LogP contribution in [0.3, 0.4) is 0 Å². The van der Waals surface area contributed by atoms with Crippen LogP contribution in [-0.2, 0) is 6.42 Å². The average Bonchev–Trinajstić information content (AvgIpc) is 2.86. The molecule has 0 bridgehead atoms. The molecule has 0 saturated carbocycles. The van der Waals surface area contributed by atoms with Crippen LogP contribution in [0.2, 0.25) is 5.22 Å². The van der Waals surface area contributed by atoms with E-state index in [1.54, 1.807) is 12.1 Å². The van der Waals surface area contributed by atoms with Crippen LogP contribution >= 0.6 is 11.6 Å². The van der Waals surface area contributed by atoms with E-state index in [2.05, 4.69) is 24.3 Å². The molecule has 1 aliphatic rings. The monoisotopic (exact) mass is 276 g/mol. The zero-order valence-corrected chi connectivity index (χ0v) is 11.4. The van der Waals surface area contributed by atoms with E-state index < -0.39 is 6.10 Å². The molecule has 1 aromatic carbocycles. The van der Waals surface area contributed by atoms with Crippen molar-refractivity contribution in [2.24, 2.45) is 0 Å². The second kappa shape index (κ2) is 5.40. The molecular weight excluding hydrogens is 260 g/mol. The molecule has 3 rings (SSSR count). The normalized spacial score (nSPS) is 20.0. The lowest BCUT2D eigenvalue weighted by Crippen LogP contribution is -2.12. The van der Waals surface area contributed by atoms with E-state index in [0.29, 0.717) is 23.3 Å². The zero-order chi connectivity index (χ0) is 13.2. The Kier molecular flexibility index (Phi) is 3.63. The molecule has 100 valence electrons. The largest absolute Gasteiger partial charge is 0.447 e. The molecule has 2 aromatic rings. The van der Waals surface area contributed by atoms with Gasteiger partial charge in [0.1, 0.15) is 11.9 Å². The number of aliphatic hydroxyl groups excluding tert-OH is 1. The van der Waals surface area contributed by atoms with Crippen LogP contribution in [0.4, 0.5) is 0 Å². The lowest BCUT2D eigenvalue weighted by atomic mass is 9.80. The highest BCUT2D eigenvalue weighted by molar-refractivity contribution is 6.28. The van der Waals surface area contributed by atoms with E-state index in [4.69, 9.17) is 16.0 Å². The number of aryl methyl sites for hydroxylation is 1. The second-order valence-electron chi connectivity index (χ2n) is 5.18. The van der Waals surface area contributed by atoms with Gasteiger partial charge in [-0.1, -0.05) is 24.3 Å². The van der Waals surface area contributed by atoms with Crippen molar-refractivity contribution in [3.8, 4) is 0 Å².